The first-order valence-corrected chi connectivity index (χ1v) is 8.23. The SMILES string of the molecule is CC(C)(N)c1ccc(-c2ccc(C(O)CCF)cc2)cn1.NC(=O)C(F)F. The molecule has 5 nitrogen and oxygen atoms in total. The Bertz CT molecular complexity index is 714. The van der Waals surface area contributed by atoms with Crippen LogP contribution in [0, 0.1) is 0 Å². The van der Waals surface area contributed by atoms with E-state index in [9.17, 15) is 23.1 Å². The van der Waals surface area contributed by atoms with Gasteiger partial charge in [-0.1, -0.05) is 30.3 Å². The number of benzene rings is 1. The van der Waals surface area contributed by atoms with E-state index in [1.54, 1.807) is 6.20 Å². The highest BCUT2D eigenvalue weighted by molar-refractivity contribution is 5.76. The predicted octanol–water partition coefficient (Wildman–Crippen LogP) is 3.07. The third-order valence-corrected chi connectivity index (χ3v) is 3.65. The quantitative estimate of drug-likeness (QED) is 0.713. The van der Waals surface area contributed by atoms with Crippen LogP contribution in [-0.2, 0) is 10.3 Å². The Morgan fingerprint density at radius 2 is 1.67 bits per heavy atom. The largest absolute Gasteiger partial charge is 0.388 e. The molecule has 0 saturated carbocycles. The molecule has 0 fully saturated rings. The van der Waals surface area contributed by atoms with Gasteiger partial charge in [-0.25, -0.2) is 0 Å². The number of hydrogen-bond donors (Lipinski definition) is 3. The number of rotatable bonds is 6. The van der Waals surface area contributed by atoms with Gasteiger partial charge < -0.3 is 16.6 Å². The van der Waals surface area contributed by atoms with Crippen molar-refractivity contribution in [2.45, 2.75) is 38.3 Å². The average Bonchev–Trinajstić information content (AvgIpc) is 2.62. The van der Waals surface area contributed by atoms with Crippen LogP contribution >= 0.6 is 0 Å². The fourth-order valence-electron chi connectivity index (χ4n) is 2.11. The molecule has 0 aliphatic rings. The van der Waals surface area contributed by atoms with Gasteiger partial charge in [0.05, 0.1) is 24.0 Å². The normalized spacial score (nSPS) is 12.3. The van der Waals surface area contributed by atoms with Crippen LogP contribution < -0.4 is 11.5 Å². The van der Waals surface area contributed by atoms with Crippen LogP contribution in [0.2, 0.25) is 0 Å². The molecule has 2 rings (SSSR count). The van der Waals surface area contributed by atoms with Crippen molar-refractivity contribution in [3.05, 3.63) is 53.9 Å². The van der Waals surface area contributed by atoms with Gasteiger partial charge >= 0.3 is 6.43 Å². The van der Waals surface area contributed by atoms with Gasteiger partial charge in [-0.2, -0.15) is 8.78 Å². The van der Waals surface area contributed by atoms with Crippen LogP contribution in [0.3, 0.4) is 0 Å². The summed E-state index contributed by atoms with van der Waals surface area (Å²) in [6, 6.07) is 11.3. The summed E-state index contributed by atoms with van der Waals surface area (Å²) in [6.07, 6.45) is -1.84. The summed E-state index contributed by atoms with van der Waals surface area (Å²) in [4.78, 5) is 13.6. The van der Waals surface area contributed by atoms with E-state index in [1.807, 2.05) is 50.2 Å². The van der Waals surface area contributed by atoms with Gasteiger partial charge in [-0.3, -0.25) is 14.2 Å². The zero-order chi connectivity index (χ0) is 20.6. The van der Waals surface area contributed by atoms with Gasteiger partial charge in [-0.15, -0.1) is 0 Å². The van der Waals surface area contributed by atoms with Crippen LogP contribution in [0.4, 0.5) is 13.2 Å². The molecule has 1 atom stereocenters. The minimum Gasteiger partial charge on any atom is -0.388 e. The van der Waals surface area contributed by atoms with Crippen molar-refractivity contribution >= 4 is 5.91 Å². The number of nitrogens with two attached hydrogens (primary N) is 2. The number of alkyl halides is 3. The second kappa shape index (κ2) is 10.0. The van der Waals surface area contributed by atoms with Crippen LogP contribution in [0.15, 0.2) is 42.6 Å². The maximum atomic E-state index is 12.2. The number of aromatic nitrogens is 1. The first kappa shape index (κ1) is 22.6. The van der Waals surface area contributed by atoms with Crippen molar-refractivity contribution in [3.8, 4) is 11.1 Å². The van der Waals surface area contributed by atoms with Crippen LogP contribution in [0.5, 0.6) is 0 Å². The second-order valence-corrected chi connectivity index (χ2v) is 6.47. The van der Waals surface area contributed by atoms with E-state index in [0.29, 0.717) is 0 Å². The number of aliphatic hydroxyl groups excluding tert-OH is 1. The number of halogens is 3. The van der Waals surface area contributed by atoms with Crippen molar-refractivity contribution in [2.75, 3.05) is 6.67 Å². The predicted molar refractivity (Wildman–Crippen MR) is 97.6 cm³/mol. The number of carbonyl (C=O) groups excluding carboxylic acids is 1. The van der Waals surface area contributed by atoms with Crippen molar-refractivity contribution in [3.63, 3.8) is 0 Å². The number of pyridine rings is 1. The molecule has 148 valence electrons. The number of carbonyl (C=O) groups is 1. The lowest BCUT2D eigenvalue weighted by Crippen LogP contribution is -2.29. The van der Waals surface area contributed by atoms with E-state index in [-0.39, 0.29) is 6.42 Å². The Hall–Kier alpha value is -2.45. The number of primary amides is 1. The molecule has 1 unspecified atom stereocenters. The fourth-order valence-corrected chi connectivity index (χ4v) is 2.11. The van der Waals surface area contributed by atoms with Crippen LogP contribution in [-0.4, -0.2) is 29.1 Å². The third kappa shape index (κ3) is 7.36. The first-order chi connectivity index (χ1) is 12.6. The lowest BCUT2D eigenvalue weighted by Gasteiger charge is -2.17. The molecule has 0 radical (unpaired) electrons. The molecule has 1 aromatic heterocycles. The molecule has 1 heterocycles. The molecule has 0 saturated heterocycles. The Kier molecular flexibility index (Phi) is 8.39. The van der Waals surface area contributed by atoms with Gasteiger partial charge in [-0.05, 0) is 31.0 Å². The maximum Gasteiger partial charge on any atom is 0.315 e. The Labute approximate surface area is 156 Å². The Balaban J connectivity index is 0.000000527. The average molecular weight is 383 g/mol. The molecule has 2 aromatic rings. The highest BCUT2D eigenvalue weighted by atomic mass is 19.3. The zero-order valence-corrected chi connectivity index (χ0v) is 15.2. The van der Waals surface area contributed by atoms with Gasteiger partial charge in [0.2, 0.25) is 0 Å². The highest BCUT2D eigenvalue weighted by Crippen LogP contribution is 2.24. The lowest BCUT2D eigenvalue weighted by molar-refractivity contribution is -0.128. The summed E-state index contributed by atoms with van der Waals surface area (Å²) in [5.41, 5.74) is 13.1. The Morgan fingerprint density at radius 1 is 1.15 bits per heavy atom. The highest BCUT2D eigenvalue weighted by Gasteiger charge is 2.15. The summed E-state index contributed by atoms with van der Waals surface area (Å²) in [6.45, 7) is 3.30. The molecule has 8 heteroatoms. The van der Waals surface area contributed by atoms with Crippen molar-refractivity contribution < 1.29 is 23.1 Å². The van der Waals surface area contributed by atoms with Crippen molar-refractivity contribution in [2.24, 2.45) is 11.5 Å². The second-order valence-electron chi connectivity index (χ2n) is 6.47. The van der Waals surface area contributed by atoms with Crippen molar-refractivity contribution in [1.82, 2.24) is 4.98 Å². The van der Waals surface area contributed by atoms with E-state index in [4.69, 9.17) is 5.73 Å². The van der Waals surface area contributed by atoms with Gasteiger partial charge in [0, 0.05) is 18.2 Å². The van der Waals surface area contributed by atoms with E-state index in [1.165, 1.54) is 0 Å². The maximum absolute atomic E-state index is 12.2. The van der Waals surface area contributed by atoms with Gasteiger partial charge in [0.25, 0.3) is 5.91 Å². The third-order valence-electron chi connectivity index (χ3n) is 3.65. The van der Waals surface area contributed by atoms with Crippen LogP contribution in [0.1, 0.15) is 37.6 Å². The summed E-state index contributed by atoms with van der Waals surface area (Å²) < 4.78 is 33.6. The molecule has 1 amide bonds. The molecule has 0 spiro atoms. The minimum absolute atomic E-state index is 0.126. The number of hydrogen-bond acceptors (Lipinski definition) is 4. The molecule has 5 N–H and O–H groups in total. The molecular formula is C19H24F3N3O2. The molecule has 0 aliphatic carbocycles. The smallest absolute Gasteiger partial charge is 0.315 e. The van der Waals surface area contributed by atoms with Gasteiger partial charge in [0.1, 0.15) is 0 Å². The van der Waals surface area contributed by atoms with E-state index in [2.05, 4.69) is 10.7 Å². The van der Waals surface area contributed by atoms with Crippen LogP contribution in [0.25, 0.3) is 11.1 Å². The molecule has 0 bridgehead atoms. The molecular weight excluding hydrogens is 359 g/mol. The minimum atomic E-state index is -3.01. The number of nitrogens with zero attached hydrogens (tertiary/aromatic N) is 1. The Morgan fingerprint density at radius 3 is 2.04 bits per heavy atom. The van der Waals surface area contributed by atoms with Crippen molar-refractivity contribution in [1.29, 1.82) is 0 Å². The first-order valence-electron chi connectivity index (χ1n) is 8.23. The summed E-state index contributed by atoms with van der Waals surface area (Å²) in [7, 11) is 0. The topological polar surface area (TPSA) is 102 Å². The standard InChI is InChI=1S/C17H21FN2O.C2H3F2NO/c1-17(2,19)16-8-7-14(11-20-16)12-3-5-13(6-4-12)15(21)9-10-18;3-1(4)2(5)6/h3-8,11,15,21H,9-10,19H2,1-2H3;1H,(H2,5,6). The monoisotopic (exact) mass is 383 g/mol. The summed E-state index contributed by atoms with van der Waals surface area (Å²) in [5.74, 6) is -1.57. The number of aliphatic hydroxyl groups is 1. The number of amides is 1. The lowest BCUT2D eigenvalue weighted by atomic mass is 9.98. The van der Waals surface area contributed by atoms with E-state index in [0.717, 1.165) is 22.4 Å². The molecule has 27 heavy (non-hydrogen) atoms. The molecule has 1 aromatic carbocycles. The summed E-state index contributed by atoms with van der Waals surface area (Å²) >= 11 is 0. The zero-order valence-electron chi connectivity index (χ0n) is 15.2. The molecule has 0 aliphatic heterocycles. The summed E-state index contributed by atoms with van der Waals surface area (Å²) in [5, 5.41) is 9.74. The van der Waals surface area contributed by atoms with E-state index < -0.39 is 30.7 Å². The fraction of sp³-hybridized carbons (Fsp3) is 0.368. The van der Waals surface area contributed by atoms with Gasteiger partial charge in [0.15, 0.2) is 0 Å². The van der Waals surface area contributed by atoms with E-state index >= 15 is 0 Å².